The van der Waals surface area contributed by atoms with Crippen LogP contribution in [0.25, 0.3) is 11.4 Å². The van der Waals surface area contributed by atoms with Gasteiger partial charge < -0.3 is 10.6 Å². The van der Waals surface area contributed by atoms with Crippen LogP contribution < -0.4 is 10.6 Å². The van der Waals surface area contributed by atoms with Gasteiger partial charge >= 0.3 is 0 Å². The molecule has 0 radical (unpaired) electrons. The summed E-state index contributed by atoms with van der Waals surface area (Å²) in [7, 11) is 0. The molecular formula is C18H23ClN4. The Balaban J connectivity index is 1.90. The average Bonchev–Trinajstić information content (AvgIpc) is 2.56. The normalized spacial score (nSPS) is 18.2. The fourth-order valence-electron chi connectivity index (χ4n) is 2.75. The molecule has 1 fully saturated rings. The molecule has 0 spiro atoms. The van der Waals surface area contributed by atoms with Crippen molar-refractivity contribution < 1.29 is 0 Å². The third kappa shape index (κ3) is 4.21. The van der Waals surface area contributed by atoms with Gasteiger partial charge in [0, 0.05) is 34.9 Å². The number of hydrogen-bond donors (Lipinski definition) is 2. The molecule has 122 valence electrons. The van der Waals surface area contributed by atoms with Gasteiger partial charge in [-0.2, -0.15) is 0 Å². The van der Waals surface area contributed by atoms with Crippen LogP contribution in [0.5, 0.6) is 0 Å². The molecule has 1 aliphatic rings. The van der Waals surface area contributed by atoms with Gasteiger partial charge in [-0.3, -0.25) is 0 Å². The maximum atomic E-state index is 5.98. The monoisotopic (exact) mass is 330 g/mol. The quantitative estimate of drug-likeness (QED) is 0.886. The standard InChI is InChI=1S/C18H23ClN4/c1-12(2)16-10-17(21-15-4-3-9-20-11-15)23-18(22-16)13-5-7-14(19)8-6-13/h5-8,10,12,15,20H,3-4,9,11H2,1-2H3,(H,21,22,23). The van der Waals surface area contributed by atoms with Gasteiger partial charge in [-0.05, 0) is 49.6 Å². The molecule has 2 heterocycles. The first-order chi connectivity index (χ1) is 11.1. The van der Waals surface area contributed by atoms with Gasteiger partial charge in [0.1, 0.15) is 5.82 Å². The van der Waals surface area contributed by atoms with Crippen LogP contribution in [0.1, 0.15) is 38.3 Å². The number of halogens is 1. The van der Waals surface area contributed by atoms with E-state index in [9.17, 15) is 0 Å². The van der Waals surface area contributed by atoms with Gasteiger partial charge in [0.25, 0.3) is 0 Å². The molecule has 5 heteroatoms. The zero-order valence-electron chi connectivity index (χ0n) is 13.6. The van der Waals surface area contributed by atoms with E-state index in [1.165, 1.54) is 12.8 Å². The van der Waals surface area contributed by atoms with Crippen molar-refractivity contribution in [3.63, 3.8) is 0 Å². The fourth-order valence-corrected chi connectivity index (χ4v) is 2.87. The van der Waals surface area contributed by atoms with E-state index in [1.807, 2.05) is 24.3 Å². The first kappa shape index (κ1) is 16.2. The molecule has 0 aliphatic carbocycles. The molecular weight excluding hydrogens is 308 g/mol. The molecule has 0 amide bonds. The van der Waals surface area contributed by atoms with E-state index in [-0.39, 0.29) is 0 Å². The summed E-state index contributed by atoms with van der Waals surface area (Å²) in [6.07, 6.45) is 2.37. The Kier molecular flexibility index (Phi) is 5.13. The lowest BCUT2D eigenvalue weighted by Crippen LogP contribution is -2.38. The summed E-state index contributed by atoms with van der Waals surface area (Å²) >= 11 is 5.98. The van der Waals surface area contributed by atoms with Crippen molar-refractivity contribution in [2.24, 2.45) is 0 Å². The van der Waals surface area contributed by atoms with E-state index < -0.39 is 0 Å². The molecule has 0 bridgehead atoms. The smallest absolute Gasteiger partial charge is 0.161 e. The molecule has 1 aromatic carbocycles. The van der Waals surface area contributed by atoms with Crippen molar-refractivity contribution in [1.29, 1.82) is 0 Å². The SMILES string of the molecule is CC(C)c1cc(NC2CCCNC2)nc(-c2ccc(Cl)cc2)n1. The zero-order valence-corrected chi connectivity index (χ0v) is 14.4. The maximum Gasteiger partial charge on any atom is 0.161 e. The third-order valence-electron chi connectivity index (χ3n) is 4.09. The lowest BCUT2D eigenvalue weighted by molar-refractivity contribution is 0.479. The van der Waals surface area contributed by atoms with Crippen LogP contribution in [0.2, 0.25) is 5.02 Å². The highest BCUT2D eigenvalue weighted by atomic mass is 35.5. The largest absolute Gasteiger partial charge is 0.366 e. The van der Waals surface area contributed by atoms with Crippen molar-refractivity contribution in [1.82, 2.24) is 15.3 Å². The fraction of sp³-hybridized carbons (Fsp3) is 0.444. The summed E-state index contributed by atoms with van der Waals surface area (Å²) in [5.41, 5.74) is 2.04. The van der Waals surface area contributed by atoms with Crippen LogP contribution in [0, 0.1) is 0 Å². The summed E-state index contributed by atoms with van der Waals surface area (Å²) in [6, 6.07) is 10.2. The second kappa shape index (κ2) is 7.28. The number of aromatic nitrogens is 2. The molecule has 2 aromatic rings. The summed E-state index contributed by atoms with van der Waals surface area (Å²) in [5, 5.41) is 7.70. The van der Waals surface area contributed by atoms with Gasteiger partial charge in [-0.25, -0.2) is 9.97 Å². The van der Waals surface area contributed by atoms with Crippen LogP contribution in [-0.4, -0.2) is 29.1 Å². The van der Waals surface area contributed by atoms with Gasteiger partial charge in [-0.1, -0.05) is 25.4 Å². The highest BCUT2D eigenvalue weighted by molar-refractivity contribution is 6.30. The summed E-state index contributed by atoms with van der Waals surface area (Å²) < 4.78 is 0. The van der Waals surface area contributed by atoms with E-state index in [0.29, 0.717) is 12.0 Å². The van der Waals surface area contributed by atoms with Gasteiger partial charge in [0.2, 0.25) is 0 Å². The van der Waals surface area contributed by atoms with Crippen LogP contribution in [0.15, 0.2) is 30.3 Å². The van der Waals surface area contributed by atoms with Gasteiger partial charge in [0.15, 0.2) is 5.82 Å². The number of piperidine rings is 1. The lowest BCUT2D eigenvalue weighted by atomic mass is 10.1. The summed E-state index contributed by atoms with van der Waals surface area (Å²) in [6.45, 7) is 6.40. The predicted molar refractivity (Wildman–Crippen MR) is 96.1 cm³/mol. The first-order valence-corrected chi connectivity index (χ1v) is 8.62. The van der Waals surface area contributed by atoms with E-state index >= 15 is 0 Å². The Morgan fingerprint density at radius 2 is 2.00 bits per heavy atom. The Morgan fingerprint density at radius 3 is 2.65 bits per heavy atom. The van der Waals surface area contributed by atoms with Crippen molar-refractivity contribution in [3.05, 3.63) is 41.0 Å². The van der Waals surface area contributed by atoms with Crippen LogP contribution in [0.4, 0.5) is 5.82 Å². The third-order valence-corrected chi connectivity index (χ3v) is 4.34. The Hall–Kier alpha value is -1.65. The molecule has 1 atom stereocenters. The van der Waals surface area contributed by atoms with E-state index in [2.05, 4.69) is 30.5 Å². The molecule has 1 aromatic heterocycles. The first-order valence-electron chi connectivity index (χ1n) is 8.24. The van der Waals surface area contributed by atoms with E-state index in [0.717, 1.165) is 41.0 Å². The lowest BCUT2D eigenvalue weighted by Gasteiger charge is -2.24. The molecule has 0 saturated carbocycles. The molecule has 1 aliphatic heterocycles. The van der Waals surface area contributed by atoms with Crippen molar-refractivity contribution in [2.45, 2.75) is 38.6 Å². The van der Waals surface area contributed by atoms with E-state index in [1.54, 1.807) is 0 Å². The molecule has 1 unspecified atom stereocenters. The Bertz CT molecular complexity index is 649. The molecule has 2 N–H and O–H groups in total. The number of hydrogen-bond acceptors (Lipinski definition) is 4. The molecule has 3 rings (SSSR count). The highest BCUT2D eigenvalue weighted by Crippen LogP contribution is 2.24. The number of benzene rings is 1. The van der Waals surface area contributed by atoms with Crippen LogP contribution in [0.3, 0.4) is 0 Å². The topological polar surface area (TPSA) is 49.8 Å². The average molecular weight is 331 g/mol. The second-order valence-corrected chi connectivity index (χ2v) is 6.79. The number of nitrogens with zero attached hydrogens (tertiary/aromatic N) is 2. The molecule has 4 nitrogen and oxygen atoms in total. The Labute approximate surface area is 142 Å². The summed E-state index contributed by atoms with van der Waals surface area (Å²) in [4.78, 5) is 9.43. The molecule has 1 saturated heterocycles. The maximum absolute atomic E-state index is 5.98. The second-order valence-electron chi connectivity index (χ2n) is 6.35. The number of anilines is 1. The minimum Gasteiger partial charge on any atom is -0.366 e. The van der Waals surface area contributed by atoms with Crippen molar-refractivity contribution in [3.8, 4) is 11.4 Å². The molecule has 23 heavy (non-hydrogen) atoms. The van der Waals surface area contributed by atoms with Crippen LogP contribution in [-0.2, 0) is 0 Å². The van der Waals surface area contributed by atoms with Crippen LogP contribution >= 0.6 is 11.6 Å². The van der Waals surface area contributed by atoms with Crippen molar-refractivity contribution in [2.75, 3.05) is 18.4 Å². The number of rotatable bonds is 4. The summed E-state index contributed by atoms with van der Waals surface area (Å²) in [5.74, 6) is 2.01. The van der Waals surface area contributed by atoms with Crippen molar-refractivity contribution >= 4 is 17.4 Å². The number of nitrogens with one attached hydrogen (secondary N) is 2. The van der Waals surface area contributed by atoms with Gasteiger partial charge in [-0.15, -0.1) is 0 Å². The predicted octanol–water partition coefficient (Wildman–Crippen LogP) is 4.08. The van der Waals surface area contributed by atoms with Gasteiger partial charge in [0.05, 0.1) is 0 Å². The minimum atomic E-state index is 0.356. The Morgan fingerprint density at radius 1 is 1.22 bits per heavy atom. The van der Waals surface area contributed by atoms with E-state index in [4.69, 9.17) is 21.6 Å². The highest BCUT2D eigenvalue weighted by Gasteiger charge is 2.15. The zero-order chi connectivity index (χ0) is 16.2. The minimum absolute atomic E-state index is 0.356.